The number of aldehydes is 1. The van der Waals surface area contributed by atoms with Gasteiger partial charge in [-0.15, -0.1) is 11.6 Å². The smallest absolute Gasteiger partial charge is 0.153 e. The molecule has 0 aliphatic carbocycles. The number of rotatable bonds is 4. The van der Waals surface area contributed by atoms with Gasteiger partial charge in [-0.2, -0.15) is 0 Å². The molecule has 1 unspecified atom stereocenters. The Morgan fingerprint density at radius 3 is 2.30 bits per heavy atom. The summed E-state index contributed by atoms with van der Waals surface area (Å²) in [4.78, 5) is 11.2. The molecule has 0 saturated heterocycles. The molecule has 0 amide bonds. The van der Waals surface area contributed by atoms with Crippen molar-refractivity contribution in [3.63, 3.8) is 0 Å². The number of benzene rings is 1. The zero-order chi connectivity index (χ0) is 15.7. The highest BCUT2D eigenvalue weighted by molar-refractivity contribution is 6.95. The molecule has 20 heavy (non-hydrogen) atoms. The van der Waals surface area contributed by atoms with Gasteiger partial charge in [-0.25, -0.2) is 0 Å². The van der Waals surface area contributed by atoms with Gasteiger partial charge in [-0.05, 0) is 23.5 Å². The standard InChI is InChI=1S/C16H25ClO2Si/c1-7-14(17)20(5,6)12-8-11(10-18)15(19)13(9-12)16(2,3)4/h8-10,14,19H,7H2,1-6H3. The molecule has 2 nitrogen and oxygen atoms in total. The number of aromatic hydroxyl groups is 1. The summed E-state index contributed by atoms with van der Waals surface area (Å²) in [7, 11) is -1.87. The van der Waals surface area contributed by atoms with Crippen molar-refractivity contribution in [3.8, 4) is 5.75 Å². The first kappa shape index (κ1) is 17.2. The van der Waals surface area contributed by atoms with E-state index in [1.54, 1.807) is 0 Å². The number of carbonyl (C=O) groups excluding carboxylic acids is 1. The van der Waals surface area contributed by atoms with Gasteiger partial charge < -0.3 is 5.11 Å². The van der Waals surface area contributed by atoms with Gasteiger partial charge in [0.1, 0.15) is 5.75 Å². The molecule has 4 heteroatoms. The summed E-state index contributed by atoms with van der Waals surface area (Å²) in [6.45, 7) is 12.6. The molecule has 112 valence electrons. The van der Waals surface area contributed by atoms with Gasteiger partial charge in [-0.3, -0.25) is 4.79 Å². The molecule has 0 fully saturated rings. The summed E-state index contributed by atoms with van der Waals surface area (Å²) in [5.74, 6) is 0.101. The van der Waals surface area contributed by atoms with Crippen molar-refractivity contribution in [1.29, 1.82) is 0 Å². The average molecular weight is 313 g/mol. The summed E-state index contributed by atoms with van der Waals surface area (Å²) < 4.78 is 0. The highest BCUT2D eigenvalue weighted by Gasteiger charge is 2.33. The molecule has 1 aromatic rings. The van der Waals surface area contributed by atoms with Crippen LogP contribution in [0.4, 0.5) is 0 Å². The highest BCUT2D eigenvalue weighted by atomic mass is 35.5. The van der Waals surface area contributed by atoms with Crippen molar-refractivity contribution in [2.45, 2.75) is 57.6 Å². The maximum Gasteiger partial charge on any atom is 0.153 e. The maximum absolute atomic E-state index is 11.2. The Labute approximate surface area is 128 Å². The number of alkyl halides is 1. The number of hydrogen-bond acceptors (Lipinski definition) is 2. The maximum atomic E-state index is 11.2. The Morgan fingerprint density at radius 1 is 1.35 bits per heavy atom. The molecule has 1 rings (SSSR count). The van der Waals surface area contributed by atoms with E-state index in [1.807, 2.05) is 32.9 Å². The number of phenolic OH excluding ortho intramolecular Hbond substituents is 1. The lowest BCUT2D eigenvalue weighted by Gasteiger charge is -2.31. The minimum Gasteiger partial charge on any atom is -0.507 e. The monoisotopic (exact) mass is 312 g/mol. The van der Waals surface area contributed by atoms with Crippen molar-refractivity contribution < 1.29 is 9.90 Å². The second-order valence-corrected chi connectivity index (χ2v) is 12.5. The van der Waals surface area contributed by atoms with Crippen LogP contribution in [0.5, 0.6) is 5.75 Å². The topological polar surface area (TPSA) is 37.3 Å². The summed E-state index contributed by atoms with van der Waals surface area (Å²) in [5, 5.41) is 11.5. The summed E-state index contributed by atoms with van der Waals surface area (Å²) in [6.07, 6.45) is 1.64. The number of phenols is 1. The third kappa shape index (κ3) is 3.26. The van der Waals surface area contributed by atoms with Crippen LogP contribution in [-0.2, 0) is 5.41 Å². The molecule has 0 aromatic heterocycles. The molecule has 0 radical (unpaired) electrons. The molecule has 1 aromatic carbocycles. The fourth-order valence-corrected chi connectivity index (χ4v) is 5.19. The molecular formula is C16H25ClO2Si. The third-order valence-corrected chi connectivity index (χ3v) is 9.66. The fourth-order valence-electron chi connectivity index (χ4n) is 2.38. The Morgan fingerprint density at radius 2 is 1.90 bits per heavy atom. The van der Waals surface area contributed by atoms with Crippen molar-refractivity contribution in [1.82, 2.24) is 0 Å². The fraction of sp³-hybridized carbons (Fsp3) is 0.562. The van der Waals surface area contributed by atoms with Crippen LogP contribution >= 0.6 is 11.6 Å². The van der Waals surface area contributed by atoms with E-state index in [2.05, 4.69) is 20.0 Å². The van der Waals surface area contributed by atoms with Crippen LogP contribution in [0.15, 0.2) is 12.1 Å². The van der Waals surface area contributed by atoms with Gasteiger partial charge in [0, 0.05) is 5.00 Å². The van der Waals surface area contributed by atoms with Crippen LogP contribution in [0.2, 0.25) is 13.1 Å². The molecule has 0 aliphatic rings. The lowest BCUT2D eigenvalue weighted by Crippen LogP contribution is -2.50. The van der Waals surface area contributed by atoms with Crippen LogP contribution in [-0.4, -0.2) is 24.5 Å². The van der Waals surface area contributed by atoms with E-state index in [4.69, 9.17) is 11.6 Å². The zero-order valence-electron chi connectivity index (χ0n) is 13.2. The Hall–Kier alpha value is -0.803. The Kier molecular flexibility index (Phi) is 5.09. The molecule has 1 N–H and O–H groups in total. The van der Waals surface area contributed by atoms with Gasteiger partial charge in [0.25, 0.3) is 0 Å². The molecule has 1 atom stereocenters. The average Bonchev–Trinajstić information content (AvgIpc) is 2.36. The minimum atomic E-state index is -1.87. The van der Waals surface area contributed by atoms with Crippen molar-refractivity contribution in [2.75, 3.05) is 0 Å². The molecule has 0 aliphatic heterocycles. The number of carbonyl (C=O) groups is 1. The van der Waals surface area contributed by atoms with Crippen LogP contribution in [0, 0.1) is 0 Å². The second-order valence-electron chi connectivity index (χ2n) is 6.93. The predicted octanol–water partition coefficient (Wildman–Crippen LogP) is 3.97. The number of hydrogen-bond donors (Lipinski definition) is 1. The second kappa shape index (κ2) is 5.90. The van der Waals surface area contributed by atoms with E-state index in [9.17, 15) is 9.90 Å². The van der Waals surface area contributed by atoms with E-state index >= 15 is 0 Å². The van der Waals surface area contributed by atoms with Crippen molar-refractivity contribution in [2.24, 2.45) is 0 Å². The lowest BCUT2D eigenvalue weighted by molar-refractivity contribution is 0.112. The van der Waals surface area contributed by atoms with Gasteiger partial charge in [0.2, 0.25) is 0 Å². The number of halogens is 1. The molecular weight excluding hydrogens is 288 g/mol. The predicted molar refractivity (Wildman–Crippen MR) is 89.2 cm³/mol. The molecule has 0 saturated carbocycles. The van der Waals surface area contributed by atoms with Crippen LogP contribution < -0.4 is 5.19 Å². The van der Waals surface area contributed by atoms with Crippen LogP contribution in [0.1, 0.15) is 50.0 Å². The Bertz CT molecular complexity index is 504. The van der Waals surface area contributed by atoms with Gasteiger partial charge >= 0.3 is 0 Å². The van der Waals surface area contributed by atoms with Gasteiger partial charge in [0.15, 0.2) is 6.29 Å². The summed E-state index contributed by atoms with van der Waals surface area (Å²) in [5.41, 5.74) is 0.974. The molecule has 0 bridgehead atoms. The van der Waals surface area contributed by atoms with Gasteiger partial charge in [-0.1, -0.05) is 52.0 Å². The Balaban J connectivity index is 3.55. The summed E-state index contributed by atoms with van der Waals surface area (Å²) >= 11 is 6.50. The molecule has 0 spiro atoms. The van der Waals surface area contributed by atoms with E-state index in [1.165, 1.54) is 0 Å². The van der Waals surface area contributed by atoms with Crippen molar-refractivity contribution >= 4 is 31.1 Å². The first-order chi connectivity index (χ1) is 9.05. The van der Waals surface area contributed by atoms with Gasteiger partial charge in [0.05, 0.1) is 13.6 Å². The highest BCUT2D eigenvalue weighted by Crippen LogP contribution is 2.33. The quantitative estimate of drug-likeness (QED) is 0.519. The van der Waals surface area contributed by atoms with E-state index < -0.39 is 8.07 Å². The van der Waals surface area contributed by atoms with Crippen molar-refractivity contribution in [3.05, 3.63) is 23.3 Å². The minimum absolute atomic E-state index is 0.101. The SMILES string of the molecule is CCC(Cl)[Si](C)(C)c1cc(C=O)c(O)c(C(C)(C)C)c1. The molecule has 0 heterocycles. The van der Waals surface area contributed by atoms with E-state index in [0.29, 0.717) is 5.56 Å². The third-order valence-electron chi connectivity index (χ3n) is 3.96. The lowest BCUT2D eigenvalue weighted by atomic mass is 9.85. The van der Waals surface area contributed by atoms with E-state index in [-0.39, 0.29) is 16.2 Å². The normalized spacial score (nSPS) is 14.2. The van der Waals surface area contributed by atoms with Crippen LogP contribution in [0.25, 0.3) is 0 Å². The zero-order valence-corrected chi connectivity index (χ0v) is 15.0. The van der Waals surface area contributed by atoms with Crippen LogP contribution in [0.3, 0.4) is 0 Å². The van der Waals surface area contributed by atoms with E-state index in [0.717, 1.165) is 23.5 Å². The first-order valence-electron chi connectivity index (χ1n) is 7.02. The first-order valence-corrected chi connectivity index (χ1v) is 10.5. The largest absolute Gasteiger partial charge is 0.507 e. The summed E-state index contributed by atoms with van der Waals surface area (Å²) in [6, 6.07) is 3.86.